The molecule has 1 N–H and O–H groups in total. The lowest BCUT2D eigenvalue weighted by atomic mass is 9.97. The Morgan fingerprint density at radius 3 is 2.81 bits per heavy atom. The van der Waals surface area contributed by atoms with Crippen LogP contribution in [0.2, 0.25) is 0 Å². The number of fused-ring (bicyclic) bond motifs is 2. The molecular weight excluding hydrogens is 354 g/mol. The SMILES string of the molecule is O=c1ccc2cc(S(=O)(=O)NCC3COc4ccccc4C3)ccc2o1. The Kier molecular flexibility index (Phi) is 4.26. The van der Waals surface area contributed by atoms with Gasteiger partial charge in [0.1, 0.15) is 11.3 Å². The van der Waals surface area contributed by atoms with Crippen molar-refractivity contribution in [1.29, 1.82) is 0 Å². The second kappa shape index (κ2) is 6.59. The average Bonchev–Trinajstić information content (AvgIpc) is 2.66. The van der Waals surface area contributed by atoms with E-state index in [1.807, 2.05) is 24.3 Å². The first-order valence-corrected chi connectivity index (χ1v) is 9.74. The molecule has 0 saturated heterocycles. The maximum Gasteiger partial charge on any atom is 0.336 e. The zero-order valence-electron chi connectivity index (χ0n) is 13.8. The van der Waals surface area contributed by atoms with Crippen molar-refractivity contribution in [2.45, 2.75) is 11.3 Å². The van der Waals surface area contributed by atoms with Gasteiger partial charge in [0, 0.05) is 23.9 Å². The number of ether oxygens (including phenoxy) is 1. The van der Waals surface area contributed by atoms with Gasteiger partial charge in [0.25, 0.3) is 0 Å². The van der Waals surface area contributed by atoms with Crippen molar-refractivity contribution in [2.24, 2.45) is 5.92 Å². The zero-order valence-corrected chi connectivity index (χ0v) is 14.7. The number of nitrogens with one attached hydrogen (secondary N) is 1. The minimum Gasteiger partial charge on any atom is -0.493 e. The fourth-order valence-electron chi connectivity index (χ4n) is 3.05. The van der Waals surface area contributed by atoms with Crippen LogP contribution in [-0.4, -0.2) is 21.6 Å². The van der Waals surface area contributed by atoms with Crippen LogP contribution >= 0.6 is 0 Å². The molecular formula is C19H17NO5S. The Balaban J connectivity index is 1.49. The van der Waals surface area contributed by atoms with Crippen molar-refractivity contribution in [3.8, 4) is 5.75 Å². The van der Waals surface area contributed by atoms with E-state index in [9.17, 15) is 13.2 Å². The van der Waals surface area contributed by atoms with E-state index in [1.165, 1.54) is 24.3 Å². The van der Waals surface area contributed by atoms with Crippen molar-refractivity contribution in [3.63, 3.8) is 0 Å². The van der Waals surface area contributed by atoms with E-state index in [4.69, 9.17) is 9.15 Å². The van der Waals surface area contributed by atoms with E-state index >= 15 is 0 Å². The van der Waals surface area contributed by atoms with Gasteiger partial charge in [-0.3, -0.25) is 0 Å². The van der Waals surface area contributed by atoms with E-state index in [0.29, 0.717) is 24.1 Å². The number of benzene rings is 2. The van der Waals surface area contributed by atoms with Gasteiger partial charge in [-0.05, 0) is 42.3 Å². The van der Waals surface area contributed by atoms with Crippen molar-refractivity contribution >= 4 is 21.0 Å². The number of hydrogen-bond acceptors (Lipinski definition) is 5. The van der Waals surface area contributed by atoms with E-state index in [2.05, 4.69) is 4.72 Å². The molecule has 0 amide bonds. The van der Waals surface area contributed by atoms with Crippen LogP contribution in [0.3, 0.4) is 0 Å². The summed E-state index contributed by atoms with van der Waals surface area (Å²) in [7, 11) is -3.66. The first kappa shape index (κ1) is 16.8. The summed E-state index contributed by atoms with van der Waals surface area (Å²) in [6.45, 7) is 0.765. The Labute approximate surface area is 150 Å². The minimum atomic E-state index is -3.66. The van der Waals surface area contributed by atoms with Crippen LogP contribution in [0.25, 0.3) is 11.0 Å². The third-order valence-electron chi connectivity index (χ3n) is 4.42. The summed E-state index contributed by atoms with van der Waals surface area (Å²) in [5.74, 6) is 0.931. The molecule has 1 aromatic heterocycles. The van der Waals surface area contributed by atoms with Crippen molar-refractivity contribution in [3.05, 3.63) is 70.6 Å². The largest absolute Gasteiger partial charge is 0.493 e. The summed E-state index contributed by atoms with van der Waals surface area (Å²) >= 11 is 0. The normalized spacial score (nSPS) is 16.8. The smallest absolute Gasteiger partial charge is 0.336 e. The molecule has 1 aliphatic heterocycles. The van der Waals surface area contributed by atoms with E-state index in [-0.39, 0.29) is 10.8 Å². The lowest BCUT2D eigenvalue weighted by molar-refractivity contribution is 0.223. The van der Waals surface area contributed by atoms with Gasteiger partial charge in [-0.15, -0.1) is 0 Å². The molecule has 0 saturated carbocycles. The fraction of sp³-hybridized carbons (Fsp3) is 0.211. The molecule has 26 heavy (non-hydrogen) atoms. The number of hydrogen-bond donors (Lipinski definition) is 1. The Bertz CT molecular complexity index is 1120. The summed E-state index contributed by atoms with van der Waals surface area (Å²) < 4.78 is 38.6. The van der Waals surface area contributed by atoms with Crippen LogP contribution in [-0.2, 0) is 16.4 Å². The second-order valence-electron chi connectivity index (χ2n) is 6.29. The lowest BCUT2D eigenvalue weighted by Crippen LogP contribution is -2.34. The van der Waals surface area contributed by atoms with Gasteiger partial charge in [-0.25, -0.2) is 17.9 Å². The Hall–Kier alpha value is -2.64. The maximum atomic E-state index is 12.6. The second-order valence-corrected chi connectivity index (χ2v) is 8.06. The third kappa shape index (κ3) is 3.36. The molecule has 0 radical (unpaired) electrons. The summed E-state index contributed by atoms with van der Waals surface area (Å²) in [4.78, 5) is 11.4. The minimum absolute atomic E-state index is 0.0677. The molecule has 3 aromatic rings. The number of rotatable bonds is 4. The highest BCUT2D eigenvalue weighted by molar-refractivity contribution is 7.89. The molecule has 0 bridgehead atoms. The van der Waals surface area contributed by atoms with Gasteiger partial charge in [-0.2, -0.15) is 0 Å². The van der Waals surface area contributed by atoms with Gasteiger partial charge >= 0.3 is 5.63 Å². The predicted molar refractivity (Wildman–Crippen MR) is 96.8 cm³/mol. The summed E-state index contributed by atoms with van der Waals surface area (Å²) in [5, 5.41) is 0.558. The van der Waals surface area contributed by atoms with Crippen LogP contribution in [0.15, 0.2) is 68.7 Å². The standard InChI is InChI=1S/C19H17NO5S/c21-19-8-5-15-10-16(6-7-18(15)25-19)26(22,23)20-11-13-9-14-3-1-2-4-17(14)24-12-13/h1-8,10,13,20H,9,11-12H2. The molecule has 6 nitrogen and oxygen atoms in total. The molecule has 4 rings (SSSR count). The zero-order chi connectivity index (χ0) is 18.1. The molecule has 0 aliphatic carbocycles. The molecule has 2 heterocycles. The first-order valence-electron chi connectivity index (χ1n) is 8.25. The van der Waals surface area contributed by atoms with E-state index in [1.54, 1.807) is 6.07 Å². The van der Waals surface area contributed by atoms with E-state index in [0.717, 1.165) is 17.7 Å². The molecule has 1 unspecified atom stereocenters. The highest BCUT2D eigenvalue weighted by Gasteiger charge is 2.22. The highest BCUT2D eigenvalue weighted by Crippen LogP contribution is 2.26. The summed E-state index contributed by atoms with van der Waals surface area (Å²) in [6.07, 6.45) is 0.765. The average molecular weight is 371 g/mol. The summed E-state index contributed by atoms with van der Waals surface area (Å²) in [6, 6.07) is 15.0. The van der Waals surface area contributed by atoms with Gasteiger partial charge < -0.3 is 9.15 Å². The molecule has 1 aliphatic rings. The fourth-order valence-corrected chi connectivity index (χ4v) is 4.20. The van der Waals surface area contributed by atoms with Crippen LogP contribution in [0.4, 0.5) is 0 Å². The first-order chi connectivity index (χ1) is 12.5. The maximum absolute atomic E-state index is 12.6. The summed E-state index contributed by atoms with van der Waals surface area (Å²) in [5.41, 5.74) is 0.973. The number of sulfonamides is 1. The Morgan fingerprint density at radius 1 is 1.08 bits per heavy atom. The van der Waals surface area contributed by atoms with Gasteiger partial charge in [0.05, 0.1) is 11.5 Å². The molecule has 0 spiro atoms. The van der Waals surface area contributed by atoms with E-state index < -0.39 is 15.6 Å². The molecule has 134 valence electrons. The Morgan fingerprint density at radius 2 is 1.92 bits per heavy atom. The predicted octanol–water partition coefficient (Wildman–Crippen LogP) is 2.32. The van der Waals surface area contributed by atoms with Crippen molar-refractivity contribution in [1.82, 2.24) is 4.72 Å². The van der Waals surface area contributed by atoms with Crippen LogP contribution < -0.4 is 15.1 Å². The molecule has 7 heteroatoms. The highest BCUT2D eigenvalue weighted by atomic mass is 32.2. The van der Waals surface area contributed by atoms with Gasteiger partial charge in [0.15, 0.2) is 0 Å². The third-order valence-corrected chi connectivity index (χ3v) is 5.84. The van der Waals surface area contributed by atoms with Crippen molar-refractivity contribution in [2.75, 3.05) is 13.2 Å². The van der Waals surface area contributed by atoms with Gasteiger partial charge in [-0.1, -0.05) is 18.2 Å². The number of para-hydroxylation sites is 1. The topological polar surface area (TPSA) is 85.6 Å². The molecule has 2 aromatic carbocycles. The van der Waals surface area contributed by atoms with Crippen LogP contribution in [0.1, 0.15) is 5.56 Å². The van der Waals surface area contributed by atoms with Crippen molar-refractivity contribution < 1.29 is 17.6 Å². The van der Waals surface area contributed by atoms with Crippen LogP contribution in [0, 0.1) is 5.92 Å². The van der Waals surface area contributed by atoms with Crippen LogP contribution in [0.5, 0.6) is 5.75 Å². The monoisotopic (exact) mass is 371 g/mol. The molecule has 0 fully saturated rings. The lowest BCUT2D eigenvalue weighted by Gasteiger charge is -2.25. The van der Waals surface area contributed by atoms with Gasteiger partial charge in [0.2, 0.25) is 10.0 Å². The molecule has 1 atom stereocenters. The quantitative estimate of drug-likeness (QED) is 0.712.